The van der Waals surface area contributed by atoms with Gasteiger partial charge in [0, 0.05) is 40.2 Å². The van der Waals surface area contributed by atoms with E-state index in [1.54, 1.807) is 0 Å². The maximum absolute atomic E-state index is 4.88. The van der Waals surface area contributed by atoms with Crippen molar-refractivity contribution >= 4 is 17.1 Å². The van der Waals surface area contributed by atoms with Gasteiger partial charge in [0.25, 0.3) is 0 Å². The third-order valence-corrected chi connectivity index (χ3v) is 6.93. The van der Waals surface area contributed by atoms with Gasteiger partial charge in [-0.25, -0.2) is 15.0 Å². The van der Waals surface area contributed by atoms with Crippen LogP contribution in [0.5, 0.6) is 0 Å². The SMILES string of the molecule is CC.CC.CC.CC.CC.CC.c1ccc(-c2nc(-c3ccccc3)nc(-c3ccc(N4c5ccccc5Cc5ccccc54)cc3)n2)cc1. The zero-order valence-electron chi connectivity index (χ0n) is 32.7. The highest BCUT2D eigenvalue weighted by Crippen LogP contribution is 2.43. The third kappa shape index (κ3) is 11.0. The fraction of sp³-hybridized carbons (Fsp3) is 0.283. The molecule has 1 aliphatic rings. The predicted molar refractivity (Wildman–Crippen MR) is 222 cm³/mol. The van der Waals surface area contributed by atoms with E-state index >= 15 is 0 Å². The van der Waals surface area contributed by atoms with Gasteiger partial charge in [0.2, 0.25) is 0 Å². The number of aromatic nitrogens is 3. The number of benzene rings is 5. The minimum Gasteiger partial charge on any atom is -0.310 e. The minimum absolute atomic E-state index is 0.656. The van der Waals surface area contributed by atoms with Gasteiger partial charge in [-0.1, -0.05) is 180 Å². The van der Waals surface area contributed by atoms with E-state index in [4.69, 9.17) is 15.0 Å². The lowest BCUT2D eigenvalue weighted by molar-refractivity contribution is 1.07. The van der Waals surface area contributed by atoms with Crippen molar-refractivity contribution in [3.63, 3.8) is 0 Å². The summed E-state index contributed by atoms with van der Waals surface area (Å²) < 4.78 is 0. The summed E-state index contributed by atoms with van der Waals surface area (Å²) in [7, 11) is 0. The first-order chi connectivity index (χ1) is 24.8. The van der Waals surface area contributed by atoms with Gasteiger partial charge in [-0.3, -0.25) is 0 Å². The summed E-state index contributed by atoms with van der Waals surface area (Å²) in [5, 5.41) is 0. The Hall–Kier alpha value is -5.09. The van der Waals surface area contributed by atoms with Gasteiger partial charge in [-0.2, -0.15) is 0 Å². The summed E-state index contributed by atoms with van der Waals surface area (Å²) in [5.41, 5.74) is 9.07. The lowest BCUT2D eigenvalue weighted by Crippen LogP contribution is -2.18. The summed E-state index contributed by atoms with van der Waals surface area (Å²) in [4.78, 5) is 16.9. The van der Waals surface area contributed by atoms with Crippen LogP contribution < -0.4 is 4.90 Å². The van der Waals surface area contributed by atoms with E-state index in [-0.39, 0.29) is 0 Å². The lowest BCUT2D eigenvalue weighted by Gasteiger charge is -2.33. The fourth-order valence-electron chi connectivity index (χ4n) is 5.07. The summed E-state index contributed by atoms with van der Waals surface area (Å²) in [5.74, 6) is 1.98. The standard InChI is InChI=1S/C34H24N4.6C2H6/c1-3-11-24(12-4-1)32-35-33(25-13-5-2-6-14-25)37-34(36-32)26-19-21-29(22-20-26)38-30-17-9-7-15-27(30)23-28-16-8-10-18-31(28)38;6*1-2/h1-22H,23H2;6*1-2H3. The van der Waals surface area contributed by atoms with Gasteiger partial charge < -0.3 is 4.90 Å². The normalized spacial score (nSPS) is 9.88. The third-order valence-electron chi connectivity index (χ3n) is 6.93. The Bertz CT molecular complexity index is 1630. The van der Waals surface area contributed by atoms with Crippen molar-refractivity contribution in [3.05, 3.63) is 145 Å². The van der Waals surface area contributed by atoms with Crippen molar-refractivity contribution in [1.29, 1.82) is 0 Å². The van der Waals surface area contributed by atoms with E-state index in [1.807, 2.05) is 144 Å². The number of hydrogen-bond donors (Lipinski definition) is 0. The number of fused-ring (bicyclic) bond motifs is 2. The van der Waals surface area contributed by atoms with Crippen LogP contribution in [0.3, 0.4) is 0 Å². The molecule has 0 spiro atoms. The number of para-hydroxylation sites is 2. The van der Waals surface area contributed by atoms with Crippen molar-refractivity contribution < 1.29 is 0 Å². The van der Waals surface area contributed by atoms with Gasteiger partial charge in [-0.05, 0) is 47.5 Å². The van der Waals surface area contributed by atoms with Crippen LogP contribution in [0, 0.1) is 0 Å². The molecule has 0 amide bonds. The van der Waals surface area contributed by atoms with Crippen LogP contribution in [0.1, 0.15) is 94.2 Å². The summed E-state index contributed by atoms with van der Waals surface area (Å²) in [6, 6.07) is 45.9. The molecule has 6 aromatic rings. The molecule has 0 bridgehead atoms. The van der Waals surface area contributed by atoms with Gasteiger partial charge in [-0.15, -0.1) is 0 Å². The summed E-state index contributed by atoms with van der Waals surface area (Å²) in [6.07, 6.45) is 0.941. The maximum atomic E-state index is 4.88. The molecule has 0 aliphatic carbocycles. The van der Waals surface area contributed by atoms with Crippen LogP contribution in [0.2, 0.25) is 0 Å². The minimum atomic E-state index is 0.656. The van der Waals surface area contributed by atoms with E-state index in [2.05, 4.69) is 77.7 Å². The molecule has 1 aliphatic heterocycles. The average molecular weight is 669 g/mol. The van der Waals surface area contributed by atoms with E-state index in [9.17, 15) is 0 Å². The molecular weight excluding hydrogens is 609 g/mol. The highest BCUT2D eigenvalue weighted by molar-refractivity contribution is 5.84. The zero-order valence-corrected chi connectivity index (χ0v) is 32.7. The molecule has 7 rings (SSSR count). The summed E-state index contributed by atoms with van der Waals surface area (Å²) >= 11 is 0. The predicted octanol–water partition coefficient (Wildman–Crippen LogP) is 14.4. The molecule has 0 radical (unpaired) electrons. The second-order valence-corrected chi connectivity index (χ2v) is 9.35. The largest absolute Gasteiger partial charge is 0.310 e. The van der Waals surface area contributed by atoms with Gasteiger partial charge >= 0.3 is 0 Å². The van der Waals surface area contributed by atoms with Crippen molar-refractivity contribution in [2.75, 3.05) is 4.90 Å². The topological polar surface area (TPSA) is 41.9 Å². The van der Waals surface area contributed by atoms with Crippen LogP contribution >= 0.6 is 0 Å². The molecule has 0 saturated carbocycles. The van der Waals surface area contributed by atoms with E-state index in [1.165, 1.54) is 22.5 Å². The molecule has 4 nitrogen and oxygen atoms in total. The molecule has 0 N–H and O–H groups in total. The van der Waals surface area contributed by atoms with Gasteiger partial charge in [0.1, 0.15) is 0 Å². The van der Waals surface area contributed by atoms with Crippen molar-refractivity contribution in [2.45, 2.75) is 89.5 Å². The summed E-state index contributed by atoms with van der Waals surface area (Å²) in [6.45, 7) is 24.0. The van der Waals surface area contributed by atoms with Crippen molar-refractivity contribution in [1.82, 2.24) is 15.0 Å². The Morgan fingerprint density at radius 2 is 0.640 bits per heavy atom. The van der Waals surface area contributed by atoms with Crippen LogP contribution in [0.4, 0.5) is 17.1 Å². The second-order valence-electron chi connectivity index (χ2n) is 9.35. The number of anilines is 3. The number of hydrogen-bond acceptors (Lipinski definition) is 4. The number of rotatable bonds is 4. The molecule has 0 fully saturated rings. The van der Waals surface area contributed by atoms with E-state index in [0.29, 0.717) is 17.5 Å². The quantitative estimate of drug-likeness (QED) is 0.187. The Morgan fingerprint density at radius 3 is 1.00 bits per heavy atom. The van der Waals surface area contributed by atoms with Crippen LogP contribution in [0.15, 0.2) is 133 Å². The molecule has 0 unspecified atom stereocenters. The first-order valence-electron chi connectivity index (χ1n) is 18.8. The highest BCUT2D eigenvalue weighted by atomic mass is 15.2. The van der Waals surface area contributed by atoms with Crippen LogP contribution in [-0.4, -0.2) is 15.0 Å². The van der Waals surface area contributed by atoms with Crippen LogP contribution in [-0.2, 0) is 6.42 Å². The van der Waals surface area contributed by atoms with Gasteiger partial charge in [0.15, 0.2) is 17.5 Å². The number of nitrogens with zero attached hydrogens (tertiary/aromatic N) is 4. The molecule has 1 aromatic heterocycles. The molecule has 2 heterocycles. The molecular formula is C46H60N4. The molecule has 0 saturated heterocycles. The van der Waals surface area contributed by atoms with Crippen molar-refractivity contribution in [3.8, 4) is 34.2 Å². The van der Waals surface area contributed by atoms with Gasteiger partial charge in [0.05, 0.1) is 0 Å². The zero-order chi connectivity index (χ0) is 37.3. The van der Waals surface area contributed by atoms with Crippen molar-refractivity contribution in [2.24, 2.45) is 0 Å². The van der Waals surface area contributed by atoms with Crippen LogP contribution in [0.25, 0.3) is 34.2 Å². The second kappa shape index (κ2) is 25.0. The Morgan fingerprint density at radius 1 is 0.340 bits per heavy atom. The molecule has 5 aromatic carbocycles. The smallest absolute Gasteiger partial charge is 0.164 e. The average Bonchev–Trinajstić information content (AvgIpc) is 3.25. The fourth-order valence-corrected chi connectivity index (χ4v) is 5.07. The molecule has 4 heteroatoms. The Kier molecular flexibility index (Phi) is 21.4. The lowest BCUT2D eigenvalue weighted by atomic mass is 9.95. The van der Waals surface area contributed by atoms with E-state index in [0.717, 1.165) is 28.8 Å². The monoisotopic (exact) mass is 668 g/mol. The van der Waals surface area contributed by atoms with E-state index < -0.39 is 0 Å². The highest BCUT2D eigenvalue weighted by Gasteiger charge is 2.23. The maximum Gasteiger partial charge on any atom is 0.164 e. The Labute approximate surface area is 304 Å². The molecule has 0 atom stereocenters. The first-order valence-corrected chi connectivity index (χ1v) is 18.8. The molecule has 264 valence electrons. The Balaban J connectivity index is 0.000000948. The first kappa shape index (κ1) is 42.9. The molecule has 50 heavy (non-hydrogen) atoms.